The van der Waals surface area contributed by atoms with Gasteiger partial charge in [-0.3, -0.25) is 4.79 Å². The number of amides is 2. The van der Waals surface area contributed by atoms with Gasteiger partial charge < -0.3 is 25.6 Å². The zero-order chi connectivity index (χ0) is 23.2. The molecule has 1 aromatic heterocycles. The van der Waals surface area contributed by atoms with Gasteiger partial charge in [-0.05, 0) is 41.5 Å². The summed E-state index contributed by atoms with van der Waals surface area (Å²) < 4.78 is 5.58. The van der Waals surface area contributed by atoms with E-state index in [9.17, 15) is 9.59 Å². The molecule has 176 valence electrons. The molecular formula is C25H32N4O3S. The molecule has 0 radical (unpaired) electrons. The molecule has 3 aliphatic rings. The smallest absolute Gasteiger partial charge is 0.321 e. The highest BCUT2D eigenvalue weighted by Crippen LogP contribution is 2.49. The number of urea groups is 1. The van der Waals surface area contributed by atoms with E-state index in [-0.39, 0.29) is 23.3 Å². The summed E-state index contributed by atoms with van der Waals surface area (Å²) in [5, 5.41) is 4.19. The van der Waals surface area contributed by atoms with E-state index in [1.165, 1.54) is 0 Å². The van der Waals surface area contributed by atoms with Gasteiger partial charge >= 0.3 is 6.03 Å². The Hall–Kier alpha value is -2.42. The Balaban J connectivity index is 1.52. The summed E-state index contributed by atoms with van der Waals surface area (Å²) >= 11 is 1.62. The van der Waals surface area contributed by atoms with Crippen molar-refractivity contribution in [1.82, 2.24) is 4.90 Å². The molecule has 1 atom stereocenters. The maximum Gasteiger partial charge on any atom is 0.321 e. The summed E-state index contributed by atoms with van der Waals surface area (Å²) in [6.07, 6.45) is 2.28. The molecule has 1 unspecified atom stereocenters. The molecule has 5 rings (SSSR count). The minimum atomic E-state index is -0.114. The van der Waals surface area contributed by atoms with Crippen LogP contribution in [-0.4, -0.2) is 62.1 Å². The summed E-state index contributed by atoms with van der Waals surface area (Å²) in [7, 11) is 0. The minimum absolute atomic E-state index is 0.0522. The lowest BCUT2D eigenvalue weighted by atomic mass is 9.75. The Morgan fingerprint density at radius 2 is 2.00 bits per heavy atom. The molecule has 0 spiro atoms. The molecule has 1 aliphatic carbocycles. The van der Waals surface area contributed by atoms with Crippen molar-refractivity contribution in [3.05, 3.63) is 34.7 Å². The van der Waals surface area contributed by atoms with Gasteiger partial charge in [-0.25, -0.2) is 4.79 Å². The number of carbonyl (C=O) groups excluding carboxylic acids is 2. The van der Waals surface area contributed by atoms with Gasteiger partial charge in [0.15, 0.2) is 5.78 Å². The molecule has 0 saturated carbocycles. The molecule has 0 bridgehead atoms. The molecule has 3 heterocycles. The van der Waals surface area contributed by atoms with Crippen LogP contribution >= 0.6 is 11.3 Å². The fraction of sp³-hybridized carbons (Fsp3) is 0.520. The first-order chi connectivity index (χ1) is 15.8. The summed E-state index contributed by atoms with van der Waals surface area (Å²) in [4.78, 5) is 30.8. The van der Waals surface area contributed by atoms with Crippen molar-refractivity contribution in [2.75, 3.05) is 49.6 Å². The second kappa shape index (κ2) is 8.74. The highest BCUT2D eigenvalue weighted by molar-refractivity contribution is 7.19. The van der Waals surface area contributed by atoms with Crippen LogP contribution in [0.15, 0.2) is 24.3 Å². The van der Waals surface area contributed by atoms with Crippen LogP contribution < -0.4 is 16.0 Å². The molecule has 1 aromatic carbocycles. The first-order valence-corrected chi connectivity index (χ1v) is 12.6. The number of carbonyl (C=O) groups is 2. The highest BCUT2D eigenvalue weighted by atomic mass is 32.1. The SMILES string of the molecule is CC1(C)CC(=O)c2sc(N3CCOCC3)c(-c3cccc(NC(=O)N4CCC(N)C4)c3)c2C1. The number of rotatable bonds is 3. The van der Waals surface area contributed by atoms with Crippen LogP contribution in [0.3, 0.4) is 0 Å². The summed E-state index contributed by atoms with van der Waals surface area (Å²) in [5.41, 5.74) is 9.98. The number of nitrogens with one attached hydrogen (secondary N) is 1. The number of hydrogen-bond donors (Lipinski definition) is 2. The van der Waals surface area contributed by atoms with Crippen LogP contribution in [-0.2, 0) is 11.2 Å². The van der Waals surface area contributed by atoms with Crippen molar-refractivity contribution in [2.45, 2.75) is 39.2 Å². The zero-order valence-corrected chi connectivity index (χ0v) is 20.2. The quantitative estimate of drug-likeness (QED) is 0.712. The van der Waals surface area contributed by atoms with Gasteiger partial charge in [0, 0.05) is 49.9 Å². The normalized spacial score (nSPS) is 22.4. The minimum Gasteiger partial charge on any atom is -0.378 e. The van der Waals surface area contributed by atoms with Crippen LogP contribution in [0.25, 0.3) is 11.1 Å². The fourth-order valence-electron chi connectivity index (χ4n) is 5.12. The van der Waals surface area contributed by atoms with Crippen LogP contribution in [0.1, 0.15) is 41.9 Å². The number of morpholine rings is 1. The lowest BCUT2D eigenvalue weighted by molar-refractivity contribution is 0.0918. The van der Waals surface area contributed by atoms with Gasteiger partial charge in [0.05, 0.1) is 23.1 Å². The molecule has 2 saturated heterocycles. The first-order valence-electron chi connectivity index (χ1n) is 11.7. The first kappa shape index (κ1) is 22.4. The van der Waals surface area contributed by atoms with Crippen molar-refractivity contribution in [3.8, 4) is 11.1 Å². The predicted molar refractivity (Wildman–Crippen MR) is 132 cm³/mol. The van der Waals surface area contributed by atoms with Gasteiger partial charge in [0.25, 0.3) is 0 Å². The van der Waals surface area contributed by atoms with E-state index in [2.05, 4.69) is 30.1 Å². The largest absolute Gasteiger partial charge is 0.378 e. The third-order valence-corrected chi connectivity index (χ3v) is 8.08. The van der Waals surface area contributed by atoms with Gasteiger partial charge in [0.1, 0.15) is 0 Å². The van der Waals surface area contributed by atoms with E-state index >= 15 is 0 Å². The number of nitrogens with two attached hydrogens (primary N) is 1. The Labute approximate surface area is 198 Å². The third kappa shape index (κ3) is 4.52. The van der Waals surface area contributed by atoms with Crippen molar-refractivity contribution in [2.24, 2.45) is 11.1 Å². The molecule has 2 amide bonds. The molecule has 7 nitrogen and oxygen atoms in total. The third-order valence-electron chi connectivity index (χ3n) is 6.75. The number of anilines is 2. The number of benzene rings is 1. The number of ether oxygens (including phenoxy) is 1. The average Bonchev–Trinajstić information content (AvgIpc) is 3.38. The maximum absolute atomic E-state index is 13.1. The summed E-state index contributed by atoms with van der Waals surface area (Å²) in [6.45, 7) is 8.61. The van der Waals surface area contributed by atoms with Crippen LogP contribution in [0, 0.1) is 5.41 Å². The molecule has 2 aliphatic heterocycles. The topological polar surface area (TPSA) is 87.9 Å². The second-order valence-electron chi connectivity index (χ2n) is 10.1. The molecular weight excluding hydrogens is 436 g/mol. The van der Waals surface area contributed by atoms with E-state index < -0.39 is 0 Å². The van der Waals surface area contributed by atoms with Gasteiger partial charge in [-0.15, -0.1) is 11.3 Å². The molecule has 33 heavy (non-hydrogen) atoms. The predicted octanol–water partition coefficient (Wildman–Crippen LogP) is 3.97. The number of nitrogens with zero attached hydrogens (tertiary/aromatic N) is 2. The van der Waals surface area contributed by atoms with Crippen LogP contribution in [0.4, 0.5) is 15.5 Å². The lowest BCUT2D eigenvalue weighted by Crippen LogP contribution is -2.36. The monoisotopic (exact) mass is 468 g/mol. The number of ketones is 1. The van der Waals surface area contributed by atoms with Crippen molar-refractivity contribution < 1.29 is 14.3 Å². The Morgan fingerprint density at radius 1 is 1.21 bits per heavy atom. The zero-order valence-electron chi connectivity index (χ0n) is 19.4. The van der Waals surface area contributed by atoms with E-state index in [1.54, 1.807) is 16.2 Å². The number of Topliss-reactive ketones (excluding diaryl/α,β-unsaturated/α-hetero) is 1. The number of hydrogen-bond acceptors (Lipinski definition) is 6. The molecule has 2 fully saturated rings. The van der Waals surface area contributed by atoms with Gasteiger partial charge in [0.2, 0.25) is 0 Å². The fourth-order valence-corrected chi connectivity index (χ4v) is 6.45. The summed E-state index contributed by atoms with van der Waals surface area (Å²) in [5.74, 6) is 0.238. The van der Waals surface area contributed by atoms with E-state index in [4.69, 9.17) is 10.5 Å². The van der Waals surface area contributed by atoms with E-state index in [1.807, 2.05) is 18.2 Å². The molecule has 2 aromatic rings. The number of fused-ring (bicyclic) bond motifs is 1. The highest BCUT2D eigenvalue weighted by Gasteiger charge is 2.37. The number of thiophene rings is 1. The second-order valence-corrected chi connectivity index (χ2v) is 11.1. The number of likely N-dealkylation sites (tertiary alicyclic amines) is 1. The average molecular weight is 469 g/mol. The standard InChI is InChI=1S/C25H32N4O3S/c1-25(2)13-19-21(23(28-8-10-32-11-9-28)33-22(19)20(30)14-25)16-4-3-5-18(12-16)27-24(31)29-7-6-17(26)15-29/h3-5,12,17H,6-11,13-15,26H2,1-2H3,(H,27,31). The van der Waals surface area contributed by atoms with Crippen molar-refractivity contribution >= 4 is 33.8 Å². The van der Waals surface area contributed by atoms with Crippen LogP contribution in [0.2, 0.25) is 0 Å². The Bertz CT molecular complexity index is 1070. The van der Waals surface area contributed by atoms with Crippen molar-refractivity contribution in [3.63, 3.8) is 0 Å². The lowest BCUT2D eigenvalue weighted by Gasteiger charge is -2.30. The van der Waals surface area contributed by atoms with E-state index in [0.29, 0.717) is 32.7 Å². The maximum atomic E-state index is 13.1. The van der Waals surface area contributed by atoms with Gasteiger partial charge in [-0.1, -0.05) is 26.0 Å². The van der Waals surface area contributed by atoms with E-state index in [0.717, 1.165) is 58.2 Å². The summed E-state index contributed by atoms with van der Waals surface area (Å²) in [6, 6.07) is 7.95. The van der Waals surface area contributed by atoms with Crippen LogP contribution in [0.5, 0.6) is 0 Å². The van der Waals surface area contributed by atoms with Gasteiger partial charge in [-0.2, -0.15) is 0 Å². The molecule has 3 N–H and O–H groups in total. The Morgan fingerprint density at radius 3 is 2.73 bits per heavy atom. The molecule has 8 heteroatoms. The van der Waals surface area contributed by atoms with Crippen molar-refractivity contribution in [1.29, 1.82) is 0 Å². The Kier molecular flexibility index (Phi) is 5.93.